The van der Waals surface area contributed by atoms with Crippen molar-refractivity contribution in [2.45, 2.75) is 25.5 Å². The maximum Gasteiger partial charge on any atom is 0.145 e. The quantitative estimate of drug-likeness (QED) is 0.732. The fourth-order valence-corrected chi connectivity index (χ4v) is 3.51. The standard InChI is InChI=1S/C20H20ClFN4O/c21-13-1-6-17-18(11-13)24-19(25-20(17)23)12-26-9-7-16(8-10-26)27-15-4-2-14(22)3-5-15/h1-6,11,16H,7-10,12H2,(H2,23,24,25). The first-order valence-corrected chi connectivity index (χ1v) is 9.31. The molecule has 7 heteroatoms. The van der Waals surface area contributed by atoms with Gasteiger partial charge < -0.3 is 10.5 Å². The predicted octanol–water partition coefficient (Wildman–Crippen LogP) is 4.05. The van der Waals surface area contributed by atoms with Gasteiger partial charge in [-0.05, 0) is 55.3 Å². The zero-order valence-electron chi connectivity index (χ0n) is 14.7. The summed E-state index contributed by atoms with van der Waals surface area (Å²) in [5, 5.41) is 1.44. The smallest absolute Gasteiger partial charge is 0.145 e. The highest BCUT2D eigenvalue weighted by Gasteiger charge is 2.21. The summed E-state index contributed by atoms with van der Waals surface area (Å²) in [4.78, 5) is 11.3. The Morgan fingerprint density at radius 2 is 1.85 bits per heavy atom. The number of halogens is 2. The van der Waals surface area contributed by atoms with Gasteiger partial charge in [-0.1, -0.05) is 11.6 Å². The number of hydrogen-bond acceptors (Lipinski definition) is 5. The number of nitrogens with zero attached hydrogens (tertiary/aromatic N) is 3. The van der Waals surface area contributed by atoms with Crippen LogP contribution in [0.3, 0.4) is 0 Å². The molecular formula is C20H20ClFN4O. The fourth-order valence-electron chi connectivity index (χ4n) is 3.34. The third-order valence-corrected chi connectivity index (χ3v) is 4.99. The number of nitrogen functional groups attached to an aromatic ring is 1. The normalized spacial score (nSPS) is 15.9. The van der Waals surface area contributed by atoms with Crippen LogP contribution in [-0.2, 0) is 6.54 Å². The number of anilines is 1. The number of likely N-dealkylation sites (tertiary alicyclic amines) is 1. The van der Waals surface area contributed by atoms with Gasteiger partial charge in [-0.2, -0.15) is 0 Å². The number of nitrogens with two attached hydrogens (primary N) is 1. The van der Waals surface area contributed by atoms with Crippen LogP contribution in [-0.4, -0.2) is 34.1 Å². The van der Waals surface area contributed by atoms with Crippen LogP contribution in [0.5, 0.6) is 5.75 Å². The number of ether oxygens (including phenoxy) is 1. The van der Waals surface area contributed by atoms with Gasteiger partial charge >= 0.3 is 0 Å². The van der Waals surface area contributed by atoms with Crippen LogP contribution in [0.2, 0.25) is 5.02 Å². The Kier molecular flexibility index (Phi) is 5.09. The highest BCUT2D eigenvalue weighted by molar-refractivity contribution is 6.31. The lowest BCUT2D eigenvalue weighted by atomic mass is 10.1. The molecule has 27 heavy (non-hydrogen) atoms. The lowest BCUT2D eigenvalue weighted by Gasteiger charge is -2.31. The van der Waals surface area contributed by atoms with Crippen molar-refractivity contribution >= 4 is 28.3 Å². The summed E-state index contributed by atoms with van der Waals surface area (Å²) >= 11 is 6.06. The van der Waals surface area contributed by atoms with E-state index in [2.05, 4.69) is 14.9 Å². The Labute approximate surface area is 161 Å². The Balaban J connectivity index is 1.37. The van der Waals surface area contributed by atoms with Gasteiger partial charge in [-0.25, -0.2) is 14.4 Å². The summed E-state index contributed by atoms with van der Waals surface area (Å²) in [7, 11) is 0. The largest absolute Gasteiger partial charge is 0.490 e. The molecular weight excluding hydrogens is 367 g/mol. The molecule has 1 saturated heterocycles. The second-order valence-electron chi connectivity index (χ2n) is 6.73. The zero-order chi connectivity index (χ0) is 18.8. The predicted molar refractivity (Wildman–Crippen MR) is 104 cm³/mol. The van der Waals surface area contributed by atoms with Crippen LogP contribution < -0.4 is 10.5 Å². The molecule has 0 atom stereocenters. The van der Waals surface area contributed by atoms with Crippen LogP contribution in [0.15, 0.2) is 42.5 Å². The van der Waals surface area contributed by atoms with Crippen molar-refractivity contribution < 1.29 is 9.13 Å². The van der Waals surface area contributed by atoms with E-state index in [-0.39, 0.29) is 11.9 Å². The minimum atomic E-state index is -0.256. The molecule has 4 rings (SSSR count). The van der Waals surface area contributed by atoms with Crippen molar-refractivity contribution in [3.63, 3.8) is 0 Å². The number of hydrogen-bond donors (Lipinski definition) is 1. The van der Waals surface area contributed by atoms with Crippen molar-refractivity contribution in [1.82, 2.24) is 14.9 Å². The first-order chi connectivity index (χ1) is 13.1. The van der Waals surface area contributed by atoms with Crippen LogP contribution in [0.1, 0.15) is 18.7 Å². The van der Waals surface area contributed by atoms with Gasteiger partial charge in [0, 0.05) is 23.5 Å². The molecule has 2 heterocycles. The molecule has 140 valence electrons. The van der Waals surface area contributed by atoms with E-state index in [0.717, 1.165) is 36.8 Å². The van der Waals surface area contributed by atoms with Crippen molar-refractivity contribution in [3.8, 4) is 5.75 Å². The van der Waals surface area contributed by atoms with Gasteiger partial charge in [0.15, 0.2) is 0 Å². The van der Waals surface area contributed by atoms with Crippen LogP contribution in [0, 0.1) is 5.82 Å². The van der Waals surface area contributed by atoms with Crippen LogP contribution in [0.25, 0.3) is 10.9 Å². The van der Waals surface area contributed by atoms with Gasteiger partial charge in [0.1, 0.15) is 29.3 Å². The van der Waals surface area contributed by atoms with E-state index >= 15 is 0 Å². The Morgan fingerprint density at radius 1 is 1.11 bits per heavy atom. The Bertz CT molecular complexity index is 943. The van der Waals surface area contributed by atoms with Gasteiger partial charge in [0.2, 0.25) is 0 Å². The van der Waals surface area contributed by atoms with E-state index < -0.39 is 0 Å². The van der Waals surface area contributed by atoms with Gasteiger partial charge in [-0.15, -0.1) is 0 Å². The van der Waals surface area contributed by atoms with Crippen molar-refractivity contribution in [2.24, 2.45) is 0 Å². The molecule has 1 aliphatic rings. The second-order valence-corrected chi connectivity index (χ2v) is 7.17. The summed E-state index contributed by atoms with van der Waals surface area (Å²) in [5.41, 5.74) is 6.83. The van der Waals surface area contributed by atoms with Gasteiger partial charge in [0.25, 0.3) is 0 Å². The number of rotatable bonds is 4. The van der Waals surface area contributed by atoms with Crippen LogP contribution >= 0.6 is 11.6 Å². The molecule has 0 spiro atoms. The van der Waals surface area contributed by atoms with E-state index in [0.29, 0.717) is 29.0 Å². The summed E-state index contributed by atoms with van der Waals surface area (Å²) in [5.74, 6) is 1.62. The van der Waals surface area contributed by atoms with Gasteiger partial charge in [-0.3, -0.25) is 4.90 Å². The molecule has 5 nitrogen and oxygen atoms in total. The highest BCUT2D eigenvalue weighted by Crippen LogP contribution is 2.23. The highest BCUT2D eigenvalue weighted by atomic mass is 35.5. The Hall–Kier alpha value is -2.44. The minimum Gasteiger partial charge on any atom is -0.490 e. The Morgan fingerprint density at radius 3 is 2.59 bits per heavy atom. The second kappa shape index (κ2) is 7.66. The maximum atomic E-state index is 13.0. The third-order valence-electron chi connectivity index (χ3n) is 4.75. The molecule has 1 fully saturated rings. The number of aromatic nitrogens is 2. The van der Waals surface area contributed by atoms with Crippen molar-refractivity contribution in [3.05, 3.63) is 59.1 Å². The van der Waals surface area contributed by atoms with E-state index in [1.165, 1.54) is 12.1 Å². The van der Waals surface area contributed by atoms with E-state index in [1.54, 1.807) is 24.3 Å². The lowest BCUT2D eigenvalue weighted by molar-refractivity contribution is 0.0954. The summed E-state index contributed by atoms with van der Waals surface area (Å²) in [6.07, 6.45) is 1.92. The SMILES string of the molecule is Nc1nc(CN2CCC(Oc3ccc(F)cc3)CC2)nc2cc(Cl)ccc12. The summed E-state index contributed by atoms with van der Waals surface area (Å²) in [6, 6.07) is 11.6. The van der Waals surface area contributed by atoms with E-state index in [4.69, 9.17) is 22.1 Å². The average molecular weight is 387 g/mol. The lowest BCUT2D eigenvalue weighted by Crippen LogP contribution is -2.38. The molecule has 3 aromatic rings. The monoisotopic (exact) mass is 386 g/mol. The number of piperidine rings is 1. The van der Waals surface area contributed by atoms with Crippen LogP contribution in [0.4, 0.5) is 10.2 Å². The molecule has 1 aliphatic heterocycles. The summed E-state index contributed by atoms with van der Waals surface area (Å²) < 4.78 is 18.9. The van der Waals surface area contributed by atoms with Crippen molar-refractivity contribution in [2.75, 3.05) is 18.8 Å². The number of benzene rings is 2. The minimum absolute atomic E-state index is 0.133. The molecule has 0 bridgehead atoms. The molecule has 0 amide bonds. The van der Waals surface area contributed by atoms with Gasteiger partial charge in [0.05, 0.1) is 12.1 Å². The van der Waals surface area contributed by atoms with E-state index in [9.17, 15) is 4.39 Å². The molecule has 0 unspecified atom stereocenters. The fraction of sp³-hybridized carbons (Fsp3) is 0.300. The molecule has 2 aromatic carbocycles. The first-order valence-electron chi connectivity index (χ1n) is 8.93. The molecule has 0 aliphatic carbocycles. The molecule has 2 N–H and O–H groups in total. The molecule has 0 saturated carbocycles. The first kappa shape index (κ1) is 17.9. The molecule has 0 radical (unpaired) electrons. The number of fused-ring (bicyclic) bond motifs is 1. The van der Waals surface area contributed by atoms with E-state index in [1.807, 2.05) is 6.07 Å². The molecule has 1 aromatic heterocycles. The zero-order valence-corrected chi connectivity index (χ0v) is 15.5. The average Bonchev–Trinajstić information content (AvgIpc) is 2.65. The topological polar surface area (TPSA) is 64.3 Å². The third kappa shape index (κ3) is 4.28. The van der Waals surface area contributed by atoms with Crippen molar-refractivity contribution in [1.29, 1.82) is 0 Å². The summed E-state index contributed by atoms with van der Waals surface area (Å²) in [6.45, 7) is 2.39. The maximum absolute atomic E-state index is 13.0.